The molecule has 4 rings (SSSR count). The van der Waals surface area contributed by atoms with Gasteiger partial charge in [-0.05, 0) is 35.5 Å². The van der Waals surface area contributed by atoms with Crippen LogP contribution in [0.25, 0.3) is 0 Å². The van der Waals surface area contributed by atoms with Gasteiger partial charge in [0.2, 0.25) is 5.91 Å². The predicted octanol–water partition coefficient (Wildman–Crippen LogP) is 3.85. The highest BCUT2D eigenvalue weighted by Gasteiger charge is 2.46. The molecule has 1 aromatic heterocycles. The Morgan fingerprint density at radius 3 is 2.47 bits per heavy atom. The molecule has 2 aliphatic rings. The lowest BCUT2D eigenvalue weighted by atomic mass is 9.80. The van der Waals surface area contributed by atoms with Crippen molar-refractivity contribution in [3.05, 3.63) is 57.8 Å². The second-order valence-corrected chi connectivity index (χ2v) is 9.62. The Morgan fingerprint density at radius 2 is 1.83 bits per heavy atom. The van der Waals surface area contributed by atoms with Crippen LogP contribution in [0.3, 0.4) is 0 Å². The third kappa shape index (κ3) is 3.91. The number of hydrogen-bond donors (Lipinski definition) is 0. The monoisotopic (exact) mass is 425 g/mol. The van der Waals surface area contributed by atoms with Gasteiger partial charge in [0.05, 0.1) is 12.0 Å². The van der Waals surface area contributed by atoms with Gasteiger partial charge in [0, 0.05) is 43.2 Å². The van der Waals surface area contributed by atoms with Crippen molar-refractivity contribution in [1.29, 1.82) is 0 Å². The molecule has 6 heteroatoms. The first kappa shape index (κ1) is 21.1. The van der Waals surface area contributed by atoms with Crippen molar-refractivity contribution in [1.82, 2.24) is 14.7 Å². The highest BCUT2D eigenvalue weighted by molar-refractivity contribution is 7.10. The van der Waals surface area contributed by atoms with Crippen molar-refractivity contribution in [3.8, 4) is 0 Å². The van der Waals surface area contributed by atoms with E-state index in [4.69, 9.17) is 0 Å². The second kappa shape index (κ2) is 8.90. The maximum atomic E-state index is 13.9. The minimum atomic E-state index is -0.357. The van der Waals surface area contributed by atoms with Crippen molar-refractivity contribution in [2.45, 2.75) is 32.7 Å². The standard InChI is InChI=1S/C24H31N3O2S/c1-4-25-11-13-26(14-12-25)24(29)21-18-8-5-6-9-19(18)23(28)27(16-17(2)3)22(21)20-10-7-15-30-20/h5-10,15,17,21-22H,4,11-14,16H2,1-3H3. The number of carbonyl (C=O) groups is 2. The summed E-state index contributed by atoms with van der Waals surface area (Å²) in [5, 5.41) is 2.04. The molecule has 2 atom stereocenters. The van der Waals surface area contributed by atoms with E-state index >= 15 is 0 Å². The molecule has 3 heterocycles. The Hall–Kier alpha value is -2.18. The number of thiophene rings is 1. The summed E-state index contributed by atoms with van der Waals surface area (Å²) in [5.41, 5.74) is 1.56. The highest BCUT2D eigenvalue weighted by Crippen LogP contribution is 2.45. The maximum Gasteiger partial charge on any atom is 0.254 e. The van der Waals surface area contributed by atoms with Gasteiger partial charge in [-0.15, -0.1) is 11.3 Å². The Bertz CT molecular complexity index is 888. The van der Waals surface area contributed by atoms with E-state index in [1.807, 2.05) is 45.5 Å². The van der Waals surface area contributed by atoms with Crippen LogP contribution in [0.5, 0.6) is 0 Å². The first-order valence-electron chi connectivity index (χ1n) is 11.0. The van der Waals surface area contributed by atoms with Crippen LogP contribution >= 0.6 is 11.3 Å². The zero-order valence-corrected chi connectivity index (χ0v) is 18.9. The van der Waals surface area contributed by atoms with E-state index in [0.29, 0.717) is 18.0 Å². The van der Waals surface area contributed by atoms with Crippen LogP contribution in [0.2, 0.25) is 0 Å². The SMILES string of the molecule is CCN1CCN(C(=O)C2c3ccccc3C(=O)N(CC(C)C)C2c2cccs2)CC1. The normalized spacial score (nSPS) is 22.5. The van der Waals surface area contributed by atoms with Gasteiger partial charge < -0.3 is 14.7 Å². The van der Waals surface area contributed by atoms with Crippen molar-refractivity contribution < 1.29 is 9.59 Å². The lowest BCUT2D eigenvalue weighted by Crippen LogP contribution is -2.53. The average molecular weight is 426 g/mol. The summed E-state index contributed by atoms with van der Waals surface area (Å²) in [6, 6.07) is 11.5. The summed E-state index contributed by atoms with van der Waals surface area (Å²) < 4.78 is 0. The van der Waals surface area contributed by atoms with Crippen molar-refractivity contribution in [2.24, 2.45) is 5.92 Å². The number of likely N-dealkylation sites (N-methyl/N-ethyl adjacent to an activating group) is 1. The number of carbonyl (C=O) groups excluding carboxylic acids is 2. The van der Waals surface area contributed by atoms with Gasteiger partial charge in [-0.1, -0.05) is 45.0 Å². The zero-order chi connectivity index (χ0) is 21.3. The lowest BCUT2D eigenvalue weighted by molar-refractivity contribution is -0.136. The molecule has 0 bridgehead atoms. The van der Waals surface area contributed by atoms with Gasteiger partial charge in [0.1, 0.15) is 0 Å². The Balaban J connectivity index is 1.77. The fourth-order valence-corrected chi connectivity index (χ4v) is 5.58. The molecule has 1 saturated heterocycles. The van der Waals surface area contributed by atoms with Crippen LogP contribution in [0, 0.1) is 5.92 Å². The number of benzene rings is 1. The third-order valence-corrected chi connectivity index (χ3v) is 7.18. The fraction of sp³-hybridized carbons (Fsp3) is 0.500. The van der Waals surface area contributed by atoms with Crippen LogP contribution in [0.15, 0.2) is 41.8 Å². The number of amides is 2. The van der Waals surface area contributed by atoms with E-state index < -0.39 is 0 Å². The molecule has 160 valence electrons. The Morgan fingerprint density at radius 1 is 1.10 bits per heavy atom. The first-order valence-corrected chi connectivity index (χ1v) is 11.8. The van der Waals surface area contributed by atoms with Gasteiger partial charge in [0.15, 0.2) is 0 Å². The molecule has 0 radical (unpaired) electrons. The molecular formula is C24H31N3O2S. The van der Waals surface area contributed by atoms with E-state index in [0.717, 1.165) is 43.2 Å². The summed E-state index contributed by atoms with van der Waals surface area (Å²) >= 11 is 1.64. The molecule has 5 nitrogen and oxygen atoms in total. The molecule has 0 aliphatic carbocycles. The Kier molecular flexibility index (Phi) is 6.25. The lowest BCUT2D eigenvalue weighted by Gasteiger charge is -2.44. The quantitative estimate of drug-likeness (QED) is 0.731. The van der Waals surface area contributed by atoms with Gasteiger partial charge in [-0.2, -0.15) is 0 Å². The largest absolute Gasteiger partial charge is 0.340 e. The Labute approximate surface area is 183 Å². The first-order chi connectivity index (χ1) is 14.5. The summed E-state index contributed by atoms with van der Waals surface area (Å²) in [6.07, 6.45) is 0. The predicted molar refractivity (Wildman–Crippen MR) is 121 cm³/mol. The van der Waals surface area contributed by atoms with Gasteiger partial charge in [-0.25, -0.2) is 0 Å². The van der Waals surface area contributed by atoms with E-state index in [1.54, 1.807) is 11.3 Å². The van der Waals surface area contributed by atoms with Crippen LogP contribution in [-0.2, 0) is 4.79 Å². The number of hydrogen-bond acceptors (Lipinski definition) is 4. The molecule has 2 amide bonds. The van der Waals surface area contributed by atoms with Gasteiger partial charge in [0.25, 0.3) is 5.91 Å². The third-order valence-electron chi connectivity index (χ3n) is 6.23. The summed E-state index contributed by atoms with van der Waals surface area (Å²) in [4.78, 5) is 34.8. The van der Waals surface area contributed by atoms with Crippen LogP contribution < -0.4 is 0 Å². The van der Waals surface area contributed by atoms with Gasteiger partial charge >= 0.3 is 0 Å². The zero-order valence-electron chi connectivity index (χ0n) is 18.1. The minimum Gasteiger partial charge on any atom is -0.340 e. The molecule has 2 unspecified atom stereocenters. The van der Waals surface area contributed by atoms with Crippen LogP contribution in [0.4, 0.5) is 0 Å². The number of rotatable bonds is 5. The number of fused-ring (bicyclic) bond motifs is 1. The molecule has 0 N–H and O–H groups in total. The van der Waals surface area contributed by atoms with Crippen molar-refractivity contribution in [2.75, 3.05) is 39.3 Å². The molecular weight excluding hydrogens is 394 g/mol. The summed E-state index contributed by atoms with van der Waals surface area (Å²) in [6.45, 7) is 11.4. The van der Waals surface area contributed by atoms with E-state index in [1.165, 1.54) is 0 Å². The number of piperazine rings is 1. The topological polar surface area (TPSA) is 43.9 Å². The molecule has 0 saturated carbocycles. The summed E-state index contributed by atoms with van der Waals surface area (Å²) in [7, 11) is 0. The van der Waals surface area contributed by atoms with Crippen molar-refractivity contribution in [3.63, 3.8) is 0 Å². The molecule has 2 aliphatic heterocycles. The van der Waals surface area contributed by atoms with Crippen LogP contribution in [-0.4, -0.2) is 65.8 Å². The van der Waals surface area contributed by atoms with E-state index in [9.17, 15) is 9.59 Å². The molecule has 2 aromatic rings. The maximum absolute atomic E-state index is 13.9. The van der Waals surface area contributed by atoms with E-state index in [-0.39, 0.29) is 23.8 Å². The molecule has 1 fully saturated rings. The van der Waals surface area contributed by atoms with Crippen molar-refractivity contribution >= 4 is 23.2 Å². The molecule has 1 aromatic carbocycles. The van der Waals surface area contributed by atoms with E-state index in [2.05, 4.69) is 31.7 Å². The molecule has 30 heavy (non-hydrogen) atoms. The average Bonchev–Trinajstić information content (AvgIpc) is 3.29. The number of nitrogens with zero attached hydrogens (tertiary/aromatic N) is 3. The summed E-state index contributed by atoms with van der Waals surface area (Å²) in [5.74, 6) is 0.158. The highest BCUT2D eigenvalue weighted by atomic mass is 32.1. The smallest absolute Gasteiger partial charge is 0.254 e. The van der Waals surface area contributed by atoms with Gasteiger partial charge in [-0.3, -0.25) is 9.59 Å². The molecule has 0 spiro atoms. The second-order valence-electron chi connectivity index (χ2n) is 8.64. The van der Waals surface area contributed by atoms with Crippen LogP contribution in [0.1, 0.15) is 53.5 Å². The fourth-order valence-electron chi connectivity index (χ4n) is 4.71. The minimum absolute atomic E-state index is 0.0394.